The lowest BCUT2D eigenvalue weighted by Gasteiger charge is -2.10. The summed E-state index contributed by atoms with van der Waals surface area (Å²) in [6, 6.07) is 3.13. The standard InChI is InChI=1S/C16H21Cl2N3O3/c1-4-6-24-14-12(17)7-11(8-13(14)18)9-19-21-16(23)15(22)20-10(3)5-2/h7-10H,4-6H2,1-3H3,(H,20,22)(H,21,23)/b19-9-/t10-/m0/s1. The van der Waals surface area contributed by atoms with Gasteiger partial charge in [0.05, 0.1) is 22.9 Å². The number of hydrazone groups is 1. The third-order valence-corrected chi connectivity index (χ3v) is 3.61. The number of rotatable bonds is 7. The minimum Gasteiger partial charge on any atom is -0.490 e. The van der Waals surface area contributed by atoms with Crippen LogP contribution in [-0.4, -0.2) is 30.7 Å². The molecule has 0 saturated carbocycles. The van der Waals surface area contributed by atoms with E-state index in [-0.39, 0.29) is 6.04 Å². The molecule has 1 aromatic rings. The molecule has 0 heterocycles. The number of nitrogens with one attached hydrogen (secondary N) is 2. The molecule has 0 radical (unpaired) electrons. The highest BCUT2D eigenvalue weighted by Crippen LogP contribution is 2.33. The molecule has 1 rings (SSSR count). The first kappa shape index (κ1) is 20.3. The maximum Gasteiger partial charge on any atom is 0.329 e. The van der Waals surface area contributed by atoms with E-state index in [2.05, 4.69) is 15.8 Å². The molecule has 8 heteroatoms. The summed E-state index contributed by atoms with van der Waals surface area (Å²) in [7, 11) is 0. The van der Waals surface area contributed by atoms with Gasteiger partial charge >= 0.3 is 11.8 Å². The molecule has 0 aromatic heterocycles. The molecule has 2 amide bonds. The molecule has 0 spiro atoms. The van der Waals surface area contributed by atoms with Crippen molar-refractivity contribution in [3.63, 3.8) is 0 Å². The third kappa shape index (κ3) is 6.37. The van der Waals surface area contributed by atoms with Gasteiger partial charge in [-0.05, 0) is 37.5 Å². The largest absolute Gasteiger partial charge is 0.490 e. The summed E-state index contributed by atoms with van der Waals surface area (Å²) >= 11 is 12.2. The van der Waals surface area contributed by atoms with Crippen LogP contribution in [0.5, 0.6) is 5.75 Å². The SMILES string of the molecule is CCCOc1c(Cl)cc(/C=N\NC(=O)C(=O)N[C@@H](C)CC)cc1Cl. The molecule has 0 saturated heterocycles. The van der Waals surface area contributed by atoms with Crippen molar-refractivity contribution in [2.24, 2.45) is 5.10 Å². The van der Waals surface area contributed by atoms with Crippen LogP contribution in [0.25, 0.3) is 0 Å². The normalized spacial score (nSPS) is 12.0. The molecule has 2 N–H and O–H groups in total. The molecule has 24 heavy (non-hydrogen) atoms. The molecule has 6 nitrogen and oxygen atoms in total. The third-order valence-electron chi connectivity index (χ3n) is 3.05. The molecule has 0 aliphatic heterocycles. The van der Waals surface area contributed by atoms with Crippen molar-refractivity contribution < 1.29 is 14.3 Å². The summed E-state index contributed by atoms with van der Waals surface area (Å²) in [5.74, 6) is -1.16. The first-order chi connectivity index (χ1) is 11.4. The summed E-state index contributed by atoms with van der Waals surface area (Å²) in [5, 5.41) is 6.96. The number of carbonyl (C=O) groups is 2. The van der Waals surface area contributed by atoms with E-state index in [1.165, 1.54) is 6.21 Å². The number of hydrogen-bond acceptors (Lipinski definition) is 4. The summed E-state index contributed by atoms with van der Waals surface area (Å²) in [6.07, 6.45) is 2.90. The molecule has 132 valence electrons. The lowest BCUT2D eigenvalue weighted by molar-refractivity contribution is -0.139. The first-order valence-electron chi connectivity index (χ1n) is 7.64. The van der Waals surface area contributed by atoms with Crippen molar-refractivity contribution in [2.75, 3.05) is 6.61 Å². The Kier molecular flexibility index (Phi) is 8.57. The molecule has 0 aliphatic carbocycles. The Bertz CT molecular complexity index is 598. The van der Waals surface area contributed by atoms with Crippen molar-refractivity contribution in [3.8, 4) is 5.75 Å². The Morgan fingerprint density at radius 1 is 1.25 bits per heavy atom. The summed E-state index contributed by atoms with van der Waals surface area (Å²) in [4.78, 5) is 23.1. The van der Waals surface area contributed by atoms with Gasteiger partial charge in [0, 0.05) is 6.04 Å². The predicted molar refractivity (Wildman–Crippen MR) is 95.9 cm³/mol. The highest BCUT2D eigenvalue weighted by atomic mass is 35.5. The van der Waals surface area contributed by atoms with E-state index >= 15 is 0 Å². The Morgan fingerprint density at radius 2 is 1.88 bits per heavy atom. The van der Waals surface area contributed by atoms with Crippen LogP contribution in [0.2, 0.25) is 10.0 Å². The van der Waals surface area contributed by atoms with E-state index in [1.54, 1.807) is 19.1 Å². The minimum absolute atomic E-state index is 0.0829. The second kappa shape index (κ2) is 10.2. The van der Waals surface area contributed by atoms with Crippen molar-refractivity contribution in [2.45, 2.75) is 39.7 Å². The van der Waals surface area contributed by atoms with Crippen LogP contribution < -0.4 is 15.5 Å². The van der Waals surface area contributed by atoms with Gasteiger partial charge in [-0.1, -0.05) is 37.0 Å². The van der Waals surface area contributed by atoms with Crippen LogP contribution in [0, 0.1) is 0 Å². The van der Waals surface area contributed by atoms with E-state index < -0.39 is 11.8 Å². The van der Waals surface area contributed by atoms with Crippen molar-refractivity contribution in [1.82, 2.24) is 10.7 Å². The molecule has 0 unspecified atom stereocenters. The lowest BCUT2D eigenvalue weighted by atomic mass is 10.2. The fraction of sp³-hybridized carbons (Fsp3) is 0.438. The van der Waals surface area contributed by atoms with Crippen LogP contribution >= 0.6 is 23.2 Å². The molecule has 0 aliphatic rings. The molecule has 0 fully saturated rings. The van der Waals surface area contributed by atoms with Crippen LogP contribution in [0.4, 0.5) is 0 Å². The van der Waals surface area contributed by atoms with Gasteiger partial charge in [0.25, 0.3) is 0 Å². The van der Waals surface area contributed by atoms with Gasteiger partial charge in [-0.25, -0.2) is 5.43 Å². The van der Waals surface area contributed by atoms with Crippen LogP contribution in [-0.2, 0) is 9.59 Å². The van der Waals surface area contributed by atoms with Crippen LogP contribution in [0.1, 0.15) is 39.2 Å². The number of benzene rings is 1. The summed E-state index contributed by atoms with van der Waals surface area (Å²) in [5.41, 5.74) is 2.72. The first-order valence-corrected chi connectivity index (χ1v) is 8.40. The Morgan fingerprint density at radius 3 is 2.42 bits per heavy atom. The van der Waals surface area contributed by atoms with E-state index in [4.69, 9.17) is 27.9 Å². The van der Waals surface area contributed by atoms with Gasteiger partial charge in [0.15, 0.2) is 5.75 Å². The van der Waals surface area contributed by atoms with Crippen molar-refractivity contribution >= 4 is 41.2 Å². The molecule has 0 bridgehead atoms. The van der Waals surface area contributed by atoms with E-state index in [0.29, 0.717) is 28.0 Å². The average molecular weight is 374 g/mol. The Labute approximate surface area is 151 Å². The topological polar surface area (TPSA) is 79.8 Å². The fourth-order valence-electron chi connectivity index (χ4n) is 1.60. The van der Waals surface area contributed by atoms with E-state index in [9.17, 15) is 9.59 Å². The second-order valence-corrected chi connectivity index (χ2v) is 5.96. The number of halogens is 2. The van der Waals surface area contributed by atoms with Crippen LogP contribution in [0.3, 0.4) is 0 Å². The number of ether oxygens (including phenoxy) is 1. The maximum absolute atomic E-state index is 11.6. The maximum atomic E-state index is 11.6. The molecule has 1 aromatic carbocycles. The number of nitrogens with zero attached hydrogens (tertiary/aromatic N) is 1. The van der Waals surface area contributed by atoms with E-state index in [0.717, 1.165) is 12.8 Å². The van der Waals surface area contributed by atoms with Gasteiger partial charge in [0.2, 0.25) is 0 Å². The van der Waals surface area contributed by atoms with Gasteiger partial charge < -0.3 is 10.1 Å². The highest BCUT2D eigenvalue weighted by Gasteiger charge is 2.14. The second-order valence-electron chi connectivity index (χ2n) is 5.14. The quantitative estimate of drug-likeness (QED) is 0.437. The number of amides is 2. The molecule has 1 atom stereocenters. The Hall–Kier alpha value is -1.79. The van der Waals surface area contributed by atoms with Gasteiger partial charge in [-0.15, -0.1) is 0 Å². The summed E-state index contributed by atoms with van der Waals surface area (Å²) in [6.45, 7) is 6.19. The predicted octanol–water partition coefficient (Wildman–Crippen LogP) is 3.15. The highest BCUT2D eigenvalue weighted by molar-refractivity contribution is 6.37. The van der Waals surface area contributed by atoms with E-state index in [1.807, 2.05) is 13.8 Å². The lowest BCUT2D eigenvalue weighted by Crippen LogP contribution is -2.41. The molecular formula is C16H21Cl2N3O3. The van der Waals surface area contributed by atoms with Gasteiger partial charge in [0.1, 0.15) is 0 Å². The Balaban J connectivity index is 2.67. The van der Waals surface area contributed by atoms with Crippen molar-refractivity contribution in [1.29, 1.82) is 0 Å². The smallest absolute Gasteiger partial charge is 0.329 e. The van der Waals surface area contributed by atoms with Gasteiger partial charge in [-0.2, -0.15) is 5.10 Å². The number of carbonyl (C=O) groups excluding carboxylic acids is 2. The zero-order valence-electron chi connectivity index (χ0n) is 13.9. The average Bonchev–Trinajstić information content (AvgIpc) is 2.53. The minimum atomic E-state index is -0.841. The van der Waals surface area contributed by atoms with Crippen LogP contribution in [0.15, 0.2) is 17.2 Å². The number of hydrogen-bond donors (Lipinski definition) is 2. The zero-order chi connectivity index (χ0) is 18.1. The fourth-order valence-corrected chi connectivity index (χ4v) is 2.22. The van der Waals surface area contributed by atoms with Gasteiger partial charge in [-0.3, -0.25) is 9.59 Å². The zero-order valence-corrected chi connectivity index (χ0v) is 15.4. The van der Waals surface area contributed by atoms with Crippen molar-refractivity contribution in [3.05, 3.63) is 27.7 Å². The monoisotopic (exact) mass is 373 g/mol. The summed E-state index contributed by atoms with van der Waals surface area (Å²) < 4.78 is 5.46. The molecular weight excluding hydrogens is 353 g/mol.